The van der Waals surface area contributed by atoms with E-state index in [1.807, 2.05) is 30.3 Å². The summed E-state index contributed by atoms with van der Waals surface area (Å²) in [6, 6.07) is 21.1. The third kappa shape index (κ3) is 4.97. The number of benzene rings is 3. The highest BCUT2D eigenvalue weighted by atomic mass is 32.2. The number of nitrogens with zero attached hydrogens (tertiary/aromatic N) is 3. The van der Waals surface area contributed by atoms with Crippen molar-refractivity contribution < 1.29 is 26.4 Å². The number of amidine groups is 1. The van der Waals surface area contributed by atoms with Gasteiger partial charge in [0.05, 0.1) is 17.0 Å². The molecule has 11 heteroatoms. The first-order valence-electron chi connectivity index (χ1n) is 10.6. The van der Waals surface area contributed by atoms with E-state index in [0.29, 0.717) is 11.3 Å². The average molecular weight is 514 g/mol. The fourth-order valence-corrected chi connectivity index (χ4v) is 5.65. The van der Waals surface area contributed by atoms with Gasteiger partial charge in [-0.25, -0.2) is 17.5 Å². The molecule has 0 aliphatic carbocycles. The fourth-order valence-electron chi connectivity index (χ4n) is 3.54. The molecule has 0 saturated carbocycles. The molecule has 4 rings (SSSR count). The van der Waals surface area contributed by atoms with Gasteiger partial charge in [0.1, 0.15) is 11.5 Å². The van der Waals surface area contributed by atoms with E-state index >= 15 is 0 Å². The number of fused-ring (bicyclic) bond motifs is 1. The van der Waals surface area contributed by atoms with Gasteiger partial charge in [0.15, 0.2) is 5.84 Å². The zero-order valence-electron chi connectivity index (χ0n) is 19.0. The van der Waals surface area contributed by atoms with Crippen molar-refractivity contribution in [3.05, 3.63) is 90.0 Å². The zero-order chi connectivity index (χ0) is 25.2. The number of carbonyl (C=O) groups excluding carboxylic acids is 1. The van der Waals surface area contributed by atoms with Crippen LogP contribution in [0.4, 0.5) is 5.69 Å². The first-order chi connectivity index (χ1) is 16.6. The molecule has 0 atom stereocenters. The molecule has 0 radical (unpaired) electrons. The normalized spacial score (nSPS) is 14.3. The number of ether oxygens (including phenoxy) is 1. The van der Waals surface area contributed by atoms with E-state index < -0.39 is 26.0 Å². The molecule has 0 spiro atoms. The Morgan fingerprint density at radius 1 is 0.914 bits per heavy atom. The van der Waals surface area contributed by atoms with Gasteiger partial charge < -0.3 is 9.64 Å². The highest BCUT2D eigenvalue weighted by Crippen LogP contribution is 2.29. The number of esters is 1. The van der Waals surface area contributed by atoms with Crippen molar-refractivity contribution in [3.8, 4) is 0 Å². The fraction of sp³-hybridized carbons (Fsp3) is 0.167. The van der Waals surface area contributed by atoms with Crippen LogP contribution in [-0.2, 0) is 24.8 Å². The number of anilines is 1. The lowest BCUT2D eigenvalue weighted by Gasteiger charge is -2.24. The van der Waals surface area contributed by atoms with Gasteiger partial charge in [-0.15, -0.1) is 4.40 Å². The van der Waals surface area contributed by atoms with E-state index in [9.17, 15) is 21.6 Å². The Balaban J connectivity index is 1.52. The summed E-state index contributed by atoms with van der Waals surface area (Å²) in [6.45, 7) is 0.0816. The van der Waals surface area contributed by atoms with Crippen molar-refractivity contribution in [2.75, 3.05) is 32.1 Å². The van der Waals surface area contributed by atoms with Crippen LogP contribution < -0.4 is 4.90 Å². The second kappa shape index (κ2) is 9.61. The monoisotopic (exact) mass is 513 g/mol. The first-order valence-corrected chi connectivity index (χ1v) is 13.5. The number of carbonyl (C=O) groups is 1. The summed E-state index contributed by atoms with van der Waals surface area (Å²) in [6.07, 6.45) is 0. The van der Waals surface area contributed by atoms with Gasteiger partial charge in [-0.2, -0.15) is 8.42 Å². The number of hydrogen-bond donors (Lipinski definition) is 0. The Bertz CT molecular complexity index is 1480. The Morgan fingerprint density at radius 2 is 1.54 bits per heavy atom. The maximum atomic E-state index is 12.6. The smallest absolute Gasteiger partial charge is 0.338 e. The van der Waals surface area contributed by atoms with Gasteiger partial charge in [0.25, 0.3) is 10.0 Å². The molecule has 1 aliphatic rings. The van der Waals surface area contributed by atoms with Crippen LogP contribution >= 0.6 is 0 Å². The highest BCUT2D eigenvalue weighted by Gasteiger charge is 2.32. The lowest BCUT2D eigenvalue weighted by atomic mass is 10.1. The molecular weight excluding hydrogens is 490 g/mol. The van der Waals surface area contributed by atoms with Crippen LogP contribution in [-0.4, -0.2) is 60.2 Å². The van der Waals surface area contributed by atoms with Gasteiger partial charge in [-0.1, -0.05) is 30.3 Å². The molecule has 182 valence electrons. The molecule has 35 heavy (non-hydrogen) atoms. The number of para-hydroxylation sites is 1. The second-order valence-corrected chi connectivity index (χ2v) is 11.5. The first kappa shape index (κ1) is 24.6. The largest absolute Gasteiger partial charge is 0.460 e. The zero-order valence-corrected chi connectivity index (χ0v) is 20.7. The molecular formula is C24H23N3O6S2. The van der Waals surface area contributed by atoms with Crippen LogP contribution in [0.1, 0.15) is 15.9 Å². The van der Waals surface area contributed by atoms with E-state index in [0.717, 1.165) is 4.31 Å². The summed E-state index contributed by atoms with van der Waals surface area (Å²) in [5.74, 6) is -0.380. The number of sulfonamides is 2. The minimum Gasteiger partial charge on any atom is -0.460 e. The van der Waals surface area contributed by atoms with Crippen LogP contribution in [0, 0.1) is 0 Å². The quantitative estimate of drug-likeness (QED) is 0.447. The Kier molecular flexibility index (Phi) is 6.75. The van der Waals surface area contributed by atoms with Gasteiger partial charge in [-0.05, 0) is 48.5 Å². The van der Waals surface area contributed by atoms with Crippen molar-refractivity contribution in [1.82, 2.24) is 4.31 Å². The van der Waals surface area contributed by atoms with Crippen molar-refractivity contribution in [2.45, 2.75) is 9.79 Å². The maximum Gasteiger partial charge on any atom is 0.338 e. The lowest BCUT2D eigenvalue weighted by Crippen LogP contribution is -2.34. The maximum absolute atomic E-state index is 12.6. The van der Waals surface area contributed by atoms with Gasteiger partial charge in [0.2, 0.25) is 10.0 Å². The molecule has 0 fully saturated rings. The molecule has 1 aliphatic heterocycles. The van der Waals surface area contributed by atoms with Crippen molar-refractivity contribution in [2.24, 2.45) is 4.40 Å². The van der Waals surface area contributed by atoms with E-state index in [-0.39, 0.29) is 34.3 Å². The van der Waals surface area contributed by atoms with E-state index in [1.165, 1.54) is 44.4 Å². The molecule has 0 aromatic heterocycles. The van der Waals surface area contributed by atoms with Crippen LogP contribution in [0.5, 0.6) is 0 Å². The van der Waals surface area contributed by atoms with Crippen LogP contribution in [0.15, 0.2) is 93.1 Å². The molecule has 3 aromatic carbocycles. The molecule has 0 bridgehead atoms. The molecule has 0 saturated heterocycles. The van der Waals surface area contributed by atoms with Crippen molar-refractivity contribution in [3.63, 3.8) is 0 Å². The standard InChI is InChI=1S/C24H23N3O6S2/c1-26(2)35(31,32)20-14-12-18(13-15-20)24(28)33-17-16-27(19-8-4-3-5-9-19)23-21-10-6-7-11-22(21)34(29,30)25-23/h3-15H,16-17H2,1-2H3. The molecule has 1 heterocycles. The summed E-state index contributed by atoms with van der Waals surface area (Å²) in [5, 5.41) is 0. The van der Waals surface area contributed by atoms with Gasteiger partial charge >= 0.3 is 5.97 Å². The summed E-state index contributed by atoms with van der Waals surface area (Å²) < 4.78 is 60.0. The van der Waals surface area contributed by atoms with E-state index in [4.69, 9.17) is 4.74 Å². The third-order valence-electron chi connectivity index (χ3n) is 5.35. The Morgan fingerprint density at radius 3 is 2.20 bits per heavy atom. The molecule has 0 unspecified atom stereocenters. The van der Waals surface area contributed by atoms with E-state index in [1.54, 1.807) is 23.1 Å². The minimum atomic E-state index is -3.83. The summed E-state index contributed by atoms with van der Waals surface area (Å²) >= 11 is 0. The number of hydrogen-bond acceptors (Lipinski definition) is 7. The number of rotatable bonds is 7. The van der Waals surface area contributed by atoms with Crippen molar-refractivity contribution >= 4 is 37.5 Å². The Labute approximate surface area is 204 Å². The molecule has 9 nitrogen and oxygen atoms in total. The third-order valence-corrected chi connectivity index (χ3v) is 8.51. The minimum absolute atomic E-state index is 0.0628. The predicted octanol–water partition coefficient (Wildman–Crippen LogP) is 2.75. The van der Waals surface area contributed by atoms with Gasteiger partial charge in [0, 0.05) is 25.3 Å². The highest BCUT2D eigenvalue weighted by molar-refractivity contribution is 7.90. The topological polar surface area (TPSA) is 113 Å². The Hall–Kier alpha value is -3.54. The molecule has 3 aromatic rings. The summed E-state index contributed by atoms with van der Waals surface area (Å²) in [4.78, 5) is 14.4. The molecule has 0 N–H and O–H groups in total. The average Bonchev–Trinajstić information content (AvgIpc) is 3.13. The SMILES string of the molecule is CN(C)S(=O)(=O)c1ccc(C(=O)OCCN(C2=NS(=O)(=O)c3ccccc32)c2ccccc2)cc1. The van der Waals surface area contributed by atoms with Crippen LogP contribution in [0.3, 0.4) is 0 Å². The second-order valence-electron chi connectivity index (χ2n) is 7.82. The molecule has 0 amide bonds. The van der Waals surface area contributed by atoms with Crippen LogP contribution in [0.25, 0.3) is 0 Å². The van der Waals surface area contributed by atoms with Crippen molar-refractivity contribution in [1.29, 1.82) is 0 Å². The summed E-state index contributed by atoms with van der Waals surface area (Å²) in [7, 11) is -4.59. The van der Waals surface area contributed by atoms with Gasteiger partial charge in [-0.3, -0.25) is 0 Å². The predicted molar refractivity (Wildman–Crippen MR) is 132 cm³/mol. The summed E-state index contributed by atoms with van der Waals surface area (Å²) in [5.41, 5.74) is 1.35. The van der Waals surface area contributed by atoms with Crippen LogP contribution in [0.2, 0.25) is 0 Å². The van der Waals surface area contributed by atoms with E-state index in [2.05, 4.69) is 4.40 Å². The lowest BCUT2D eigenvalue weighted by molar-refractivity contribution is 0.0517.